The third kappa shape index (κ3) is 4.78. The molecule has 2 aromatic carbocycles. The molecular weight excluding hydrogens is 395 g/mol. The zero-order valence-corrected chi connectivity index (χ0v) is 16.7. The van der Waals surface area contributed by atoms with E-state index in [9.17, 15) is 14.0 Å². The van der Waals surface area contributed by atoms with E-state index in [-0.39, 0.29) is 18.8 Å². The van der Waals surface area contributed by atoms with E-state index in [0.717, 1.165) is 10.2 Å². The van der Waals surface area contributed by atoms with Crippen LogP contribution >= 0.6 is 11.3 Å². The van der Waals surface area contributed by atoms with Crippen molar-refractivity contribution in [1.29, 1.82) is 0 Å². The maximum absolute atomic E-state index is 14.4. The lowest BCUT2D eigenvalue weighted by Crippen LogP contribution is -2.19. The standard InChI is InChI=1S/C21H19FN2O4S/c1-3-27-20(25)15(21(26)28-4-2)12-23-13-9-10-16(22)14(11-13)19-24-17-7-5-6-8-18(17)29-19/h5-12,23H,3-4H2,1-2H3. The number of nitrogens with one attached hydrogen (secondary N) is 1. The van der Waals surface area contributed by atoms with E-state index in [1.54, 1.807) is 19.9 Å². The Balaban J connectivity index is 1.90. The molecule has 0 atom stereocenters. The van der Waals surface area contributed by atoms with Gasteiger partial charge in [-0.25, -0.2) is 19.0 Å². The smallest absolute Gasteiger partial charge is 0.347 e. The third-order valence-corrected chi connectivity index (χ3v) is 4.93. The number of fused-ring (bicyclic) bond motifs is 1. The summed E-state index contributed by atoms with van der Waals surface area (Å²) in [5, 5.41) is 3.38. The van der Waals surface area contributed by atoms with Gasteiger partial charge in [-0.3, -0.25) is 0 Å². The van der Waals surface area contributed by atoms with Gasteiger partial charge in [-0.2, -0.15) is 0 Å². The van der Waals surface area contributed by atoms with Crippen molar-refractivity contribution in [2.45, 2.75) is 13.8 Å². The van der Waals surface area contributed by atoms with Gasteiger partial charge in [0.05, 0.1) is 23.4 Å². The van der Waals surface area contributed by atoms with Crippen LogP contribution in [0.2, 0.25) is 0 Å². The molecule has 1 aromatic heterocycles. The van der Waals surface area contributed by atoms with Crippen molar-refractivity contribution in [3.63, 3.8) is 0 Å². The number of esters is 2. The highest BCUT2D eigenvalue weighted by atomic mass is 32.1. The van der Waals surface area contributed by atoms with Crippen molar-refractivity contribution < 1.29 is 23.5 Å². The lowest BCUT2D eigenvalue weighted by atomic mass is 10.2. The van der Waals surface area contributed by atoms with Gasteiger partial charge in [-0.15, -0.1) is 11.3 Å². The lowest BCUT2D eigenvalue weighted by molar-refractivity contribution is -0.146. The predicted molar refractivity (Wildman–Crippen MR) is 110 cm³/mol. The predicted octanol–water partition coefficient (Wildman–Crippen LogP) is 4.52. The van der Waals surface area contributed by atoms with Crippen LogP contribution in [0.15, 0.2) is 54.2 Å². The van der Waals surface area contributed by atoms with Crippen LogP contribution in [0, 0.1) is 5.82 Å². The Hall–Kier alpha value is -3.26. The second kappa shape index (κ2) is 9.29. The van der Waals surface area contributed by atoms with E-state index in [2.05, 4.69) is 10.3 Å². The minimum atomic E-state index is -0.799. The normalized spacial score (nSPS) is 10.4. The topological polar surface area (TPSA) is 77.5 Å². The number of benzene rings is 2. The first kappa shape index (κ1) is 20.5. The molecule has 29 heavy (non-hydrogen) atoms. The van der Waals surface area contributed by atoms with Gasteiger partial charge in [0.1, 0.15) is 10.8 Å². The van der Waals surface area contributed by atoms with E-state index in [1.165, 1.54) is 29.7 Å². The molecule has 0 aliphatic rings. The van der Waals surface area contributed by atoms with E-state index in [4.69, 9.17) is 9.47 Å². The van der Waals surface area contributed by atoms with Crippen LogP contribution in [-0.4, -0.2) is 30.1 Å². The number of aromatic nitrogens is 1. The number of halogens is 1. The summed E-state index contributed by atoms with van der Waals surface area (Å²) in [6, 6.07) is 11.9. The number of carbonyl (C=O) groups is 2. The van der Waals surface area contributed by atoms with Crippen LogP contribution in [-0.2, 0) is 19.1 Å². The molecule has 0 spiro atoms. The SMILES string of the molecule is CCOC(=O)C(=CNc1ccc(F)c(-c2nc3ccccc3s2)c1)C(=O)OCC. The van der Waals surface area contributed by atoms with Crippen molar-refractivity contribution in [3.8, 4) is 10.6 Å². The quantitative estimate of drug-likeness (QED) is 0.265. The molecule has 0 bridgehead atoms. The van der Waals surface area contributed by atoms with Crippen molar-refractivity contribution in [3.05, 3.63) is 60.1 Å². The highest BCUT2D eigenvalue weighted by molar-refractivity contribution is 7.21. The monoisotopic (exact) mass is 414 g/mol. The molecular formula is C21H19FN2O4S. The van der Waals surface area contributed by atoms with Gasteiger partial charge in [-0.1, -0.05) is 12.1 Å². The van der Waals surface area contributed by atoms with Crippen molar-refractivity contribution >= 4 is 39.2 Å². The van der Waals surface area contributed by atoms with Gasteiger partial charge in [0, 0.05) is 17.5 Å². The largest absolute Gasteiger partial charge is 0.462 e. The van der Waals surface area contributed by atoms with Gasteiger partial charge in [-0.05, 0) is 44.2 Å². The van der Waals surface area contributed by atoms with E-state index in [0.29, 0.717) is 16.3 Å². The van der Waals surface area contributed by atoms with Crippen molar-refractivity contribution in [2.24, 2.45) is 0 Å². The zero-order chi connectivity index (χ0) is 20.8. The number of para-hydroxylation sites is 1. The second-order valence-corrected chi connectivity index (χ2v) is 6.86. The van der Waals surface area contributed by atoms with Crippen LogP contribution in [0.4, 0.5) is 10.1 Å². The number of ether oxygens (including phenoxy) is 2. The van der Waals surface area contributed by atoms with Gasteiger partial charge >= 0.3 is 11.9 Å². The highest BCUT2D eigenvalue weighted by Gasteiger charge is 2.21. The summed E-state index contributed by atoms with van der Waals surface area (Å²) >= 11 is 1.38. The van der Waals surface area contributed by atoms with Gasteiger partial charge in [0.25, 0.3) is 0 Å². The fourth-order valence-electron chi connectivity index (χ4n) is 2.54. The lowest BCUT2D eigenvalue weighted by Gasteiger charge is -2.08. The van der Waals surface area contributed by atoms with E-state index in [1.807, 2.05) is 24.3 Å². The first-order valence-electron chi connectivity index (χ1n) is 9.00. The first-order chi connectivity index (χ1) is 14.0. The fourth-order valence-corrected chi connectivity index (χ4v) is 3.52. The molecule has 1 N–H and O–H groups in total. The van der Waals surface area contributed by atoms with Gasteiger partial charge in [0.2, 0.25) is 0 Å². The summed E-state index contributed by atoms with van der Waals surface area (Å²) in [7, 11) is 0. The molecule has 0 unspecified atom stereocenters. The molecule has 8 heteroatoms. The summed E-state index contributed by atoms with van der Waals surface area (Å²) in [4.78, 5) is 28.5. The number of hydrogen-bond donors (Lipinski definition) is 1. The number of carbonyl (C=O) groups excluding carboxylic acids is 2. The number of nitrogens with zero attached hydrogens (tertiary/aromatic N) is 1. The molecule has 0 aliphatic heterocycles. The van der Waals surface area contributed by atoms with Gasteiger partial charge < -0.3 is 14.8 Å². The Morgan fingerprint density at radius 2 is 1.79 bits per heavy atom. The minimum absolute atomic E-state index is 0.119. The van der Waals surface area contributed by atoms with Crippen molar-refractivity contribution in [2.75, 3.05) is 18.5 Å². The van der Waals surface area contributed by atoms with Crippen LogP contribution in [0.25, 0.3) is 20.8 Å². The number of rotatable bonds is 7. The fraction of sp³-hybridized carbons (Fsp3) is 0.190. The Morgan fingerprint density at radius 3 is 2.45 bits per heavy atom. The summed E-state index contributed by atoms with van der Waals surface area (Å²) in [5.41, 5.74) is 1.31. The number of anilines is 1. The summed E-state index contributed by atoms with van der Waals surface area (Å²) < 4.78 is 25.1. The van der Waals surface area contributed by atoms with Crippen LogP contribution in [0.5, 0.6) is 0 Å². The number of thiazole rings is 1. The molecule has 0 aliphatic carbocycles. The highest BCUT2D eigenvalue weighted by Crippen LogP contribution is 2.33. The molecule has 0 radical (unpaired) electrons. The Labute approximate surface area is 171 Å². The van der Waals surface area contributed by atoms with Crippen LogP contribution in [0.1, 0.15) is 13.8 Å². The molecule has 3 rings (SSSR count). The summed E-state index contributed by atoms with van der Waals surface area (Å²) in [6.45, 7) is 3.51. The summed E-state index contributed by atoms with van der Waals surface area (Å²) in [5.74, 6) is -2.02. The maximum Gasteiger partial charge on any atom is 0.347 e. The molecule has 0 fully saturated rings. The first-order valence-corrected chi connectivity index (χ1v) is 9.81. The minimum Gasteiger partial charge on any atom is -0.462 e. The molecule has 6 nitrogen and oxygen atoms in total. The Kier molecular flexibility index (Phi) is 6.56. The molecule has 1 heterocycles. The molecule has 3 aromatic rings. The third-order valence-electron chi connectivity index (χ3n) is 3.86. The number of hydrogen-bond acceptors (Lipinski definition) is 7. The molecule has 150 valence electrons. The van der Waals surface area contributed by atoms with Crippen LogP contribution < -0.4 is 5.32 Å². The Morgan fingerprint density at radius 1 is 1.10 bits per heavy atom. The average Bonchev–Trinajstić information content (AvgIpc) is 3.13. The van der Waals surface area contributed by atoms with Crippen LogP contribution in [0.3, 0.4) is 0 Å². The maximum atomic E-state index is 14.4. The molecule has 0 saturated carbocycles. The molecule has 0 amide bonds. The van der Waals surface area contributed by atoms with Crippen molar-refractivity contribution in [1.82, 2.24) is 4.98 Å². The second-order valence-electron chi connectivity index (χ2n) is 5.82. The summed E-state index contributed by atoms with van der Waals surface area (Å²) in [6.07, 6.45) is 1.20. The van der Waals surface area contributed by atoms with E-state index < -0.39 is 17.8 Å². The molecule has 0 saturated heterocycles. The van der Waals surface area contributed by atoms with E-state index >= 15 is 0 Å². The average molecular weight is 414 g/mol. The Bertz CT molecular complexity index is 1020. The zero-order valence-electron chi connectivity index (χ0n) is 15.9. The van der Waals surface area contributed by atoms with Gasteiger partial charge in [0.15, 0.2) is 5.57 Å².